The molecule has 0 spiro atoms. The Kier molecular flexibility index (Phi) is 4.78. The van der Waals surface area contributed by atoms with Crippen molar-refractivity contribution in [3.63, 3.8) is 0 Å². The number of amidine groups is 1. The molecule has 1 heterocycles. The van der Waals surface area contributed by atoms with Crippen LogP contribution in [0.2, 0.25) is 0 Å². The third-order valence-corrected chi connectivity index (χ3v) is 3.13. The Hall–Kier alpha value is -2.04. The largest absolute Gasteiger partial charge is 0.394 e. The van der Waals surface area contributed by atoms with E-state index >= 15 is 0 Å². The highest BCUT2D eigenvalue weighted by Crippen LogP contribution is 2.13. The second-order valence-corrected chi connectivity index (χ2v) is 4.64. The molecule has 5 heteroatoms. The standard InChI is InChI=1S/C14H19N3O2/c15-13(10-11-4-2-1-3-5-11)17-19-9-7-12-6-8-16-14(12)18/h1-5,12H,6-10H2,(H2,15,17)(H,16,18). The van der Waals surface area contributed by atoms with Crippen molar-refractivity contribution in [3.8, 4) is 0 Å². The summed E-state index contributed by atoms with van der Waals surface area (Å²) in [5, 5.41) is 6.67. The number of carbonyl (C=O) groups excluding carboxylic acids is 1. The van der Waals surface area contributed by atoms with Gasteiger partial charge in [-0.1, -0.05) is 35.5 Å². The molecule has 0 aromatic heterocycles. The minimum Gasteiger partial charge on any atom is -0.394 e. The molecule has 0 aliphatic carbocycles. The number of amides is 1. The van der Waals surface area contributed by atoms with Crippen molar-refractivity contribution in [1.29, 1.82) is 0 Å². The zero-order chi connectivity index (χ0) is 13.5. The van der Waals surface area contributed by atoms with Crippen LogP contribution in [0, 0.1) is 5.92 Å². The van der Waals surface area contributed by atoms with Crippen LogP contribution in [0.15, 0.2) is 35.5 Å². The van der Waals surface area contributed by atoms with Gasteiger partial charge in [-0.3, -0.25) is 4.79 Å². The SMILES string of the molecule is N/C(Cc1ccccc1)=N\OCCC1CCNC1=O. The lowest BCUT2D eigenvalue weighted by molar-refractivity contribution is -0.122. The van der Waals surface area contributed by atoms with Crippen molar-refractivity contribution in [1.82, 2.24) is 5.32 Å². The highest BCUT2D eigenvalue weighted by molar-refractivity contribution is 5.82. The lowest BCUT2D eigenvalue weighted by Gasteiger charge is -2.06. The molecule has 0 saturated carbocycles. The maximum absolute atomic E-state index is 11.3. The van der Waals surface area contributed by atoms with Crippen LogP contribution < -0.4 is 11.1 Å². The summed E-state index contributed by atoms with van der Waals surface area (Å²) in [6, 6.07) is 9.86. The fourth-order valence-corrected chi connectivity index (χ4v) is 2.08. The zero-order valence-corrected chi connectivity index (χ0v) is 10.8. The minimum atomic E-state index is 0.0607. The molecule has 0 radical (unpaired) electrons. The maximum Gasteiger partial charge on any atom is 0.223 e. The van der Waals surface area contributed by atoms with E-state index in [0.29, 0.717) is 25.3 Å². The number of carbonyl (C=O) groups is 1. The van der Waals surface area contributed by atoms with E-state index in [1.54, 1.807) is 0 Å². The minimum absolute atomic E-state index is 0.0607. The Morgan fingerprint density at radius 3 is 2.89 bits per heavy atom. The van der Waals surface area contributed by atoms with Crippen molar-refractivity contribution in [2.24, 2.45) is 16.8 Å². The Labute approximate surface area is 112 Å². The molecule has 1 aromatic carbocycles. The molecule has 0 bridgehead atoms. The first-order valence-electron chi connectivity index (χ1n) is 6.51. The molecule has 1 aliphatic rings. The van der Waals surface area contributed by atoms with Gasteiger partial charge in [0.1, 0.15) is 12.4 Å². The molecule has 1 aliphatic heterocycles. The van der Waals surface area contributed by atoms with Crippen LogP contribution in [0.4, 0.5) is 0 Å². The van der Waals surface area contributed by atoms with Crippen LogP contribution in [0.3, 0.4) is 0 Å². The monoisotopic (exact) mass is 261 g/mol. The lowest BCUT2D eigenvalue weighted by atomic mass is 10.1. The van der Waals surface area contributed by atoms with Crippen LogP contribution >= 0.6 is 0 Å². The predicted octanol–water partition coefficient (Wildman–Crippen LogP) is 1.04. The van der Waals surface area contributed by atoms with Crippen molar-refractivity contribution >= 4 is 11.7 Å². The number of hydrogen-bond acceptors (Lipinski definition) is 3. The summed E-state index contributed by atoms with van der Waals surface area (Å²) in [6.45, 7) is 1.19. The summed E-state index contributed by atoms with van der Waals surface area (Å²) >= 11 is 0. The van der Waals surface area contributed by atoms with Gasteiger partial charge in [-0.2, -0.15) is 0 Å². The highest BCUT2D eigenvalue weighted by atomic mass is 16.6. The molecule has 1 saturated heterocycles. The number of oxime groups is 1. The van der Waals surface area contributed by atoms with Gasteiger partial charge in [0.2, 0.25) is 5.91 Å². The first-order valence-corrected chi connectivity index (χ1v) is 6.51. The van der Waals surface area contributed by atoms with Gasteiger partial charge >= 0.3 is 0 Å². The molecule has 19 heavy (non-hydrogen) atoms. The third kappa shape index (κ3) is 4.28. The fourth-order valence-electron chi connectivity index (χ4n) is 2.08. The number of rotatable bonds is 6. The van der Waals surface area contributed by atoms with E-state index in [9.17, 15) is 4.79 Å². The van der Waals surface area contributed by atoms with Gasteiger partial charge in [-0.15, -0.1) is 0 Å². The summed E-state index contributed by atoms with van der Waals surface area (Å²) in [7, 11) is 0. The van der Waals surface area contributed by atoms with Gasteiger partial charge in [-0.05, 0) is 18.4 Å². The summed E-state index contributed by atoms with van der Waals surface area (Å²) < 4.78 is 0. The summed E-state index contributed by atoms with van der Waals surface area (Å²) in [4.78, 5) is 16.5. The summed E-state index contributed by atoms with van der Waals surface area (Å²) in [6.07, 6.45) is 2.14. The molecule has 5 nitrogen and oxygen atoms in total. The van der Waals surface area contributed by atoms with Crippen LogP contribution in [0.25, 0.3) is 0 Å². The summed E-state index contributed by atoms with van der Waals surface area (Å²) in [5.74, 6) is 0.623. The summed E-state index contributed by atoms with van der Waals surface area (Å²) in [5.41, 5.74) is 6.87. The Bertz CT molecular complexity index is 445. The maximum atomic E-state index is 11.3. The number of nitrogens with zero attached hydrogens (tertiary/aromatic N) is 1. The van der Waals surface area contributed by atoms with Gasteiger partial charge in [0.05, 0.1) is 0 Å². The molecule has 1 atom stereocenters. The van der Waals surface area contributed by atoms with Crippen LogP contribution in [-0.2, 0) is 16.1 Å². The van der Waals surface area contributed by atoms with Crippen LogP contribution in [0.5, 0.6) is 0 Å². The molecule has 1 fully saturated rings. The topological polar surface area (TPSA) is 76.7 Å². The van der Waals surface area contributed by atoms with Crippen molar-refractivity contribution in [3.05, 3.63) is 35.9 Å². The molecule has 3 N–H and O–H groups in total. The first-order chi connectivity index (χ1) is 9.25. The van der Waals surface area contributed by atoms with Crippen LogP contribution in [-0.4, -0.2) is 24.9 Å². The molecule has 2 rings (SSSR count). The zero-order valence-electron chi connectivity index (χ0n) is 10.8. The molecular formula is C14H19N3O2. The normalized spacial score (nSPS) is 19.3. The smallest absolute Gasteiger partial charge is 0.223 e. The Morgan fingerprint density at radius 2 is 2.21 bits per heavy atom. The van der Waals surface area contributed by atoms with Gasteiger partial charge < -0.3 is 15.9 Å². The molecular weight excluding hydrogens is 242 g/mol. The van der Waals surface area contributed by atoms with E-state index in [1.807, 2.05) is 30.3 Å². The molecule has 1 aromatic rings. The van der Waals surface area contributed by atoms with Crippen molar-refractivity contribution in [2.45, 2.75) is 19.3 Å². The van der Waals surface area contributed by atoms with Gasteiger partial charge in [0.15, 0.2) is 0 Å². The van der Waals surface area contributed by atoms with Gasteiger partial charge in [0.25, 0.3) is 0 Å². The predicted molar refractivity (Wildman–Crippen MR) is 73.5 cm³/mol. The van der Waals surface area contributed by atoms with Crippen LogP contribution in [0.1, 0.15) is 18.4 Å². The highest BCUT2D eigenvalue weighted by Gasteiger charge is 2.23. The Balaban J connectivity index is 1.69. The number of hydrogen-bond donors (Lipinski definition) is 2. The number of nitrogens with one attached hydrogen (secondary N) is 1. The van der Waals surface area contributed by atoms with E-state index in [2.05, 4.69) is 10.5 Å². The number of benzene rings is 1. The quantitative estimate of drug-likeness (QED) is 0.348. The van der Waals surface area contributed by atoms with E-state index < -0.39 is 0 Å². The number of nitrogens with two attached hydrogens (primary N) is 1. The lowest BCUT2D eigenvalue weighted by Crippen LogP contribution is -2.20. The second-order valence-electron chi connectivity index (χ2n) is 4.64. The van der Waals surface area contributed by atoms with E-state index in [1.165, 1.54) is 0 Å². The van der Waals surface area contributed by atoms with Crippen molar-refractivity contribution < 1.29 is 9.63 Å². The average Bonchev–Trinajstić information content (AvgIpc) is 2.81. The van der Waals surface area contributed by atoms with E-state index in [-0.39, 0.29) is 11.8 Å². The molecule has 1 amide bonds. The molecule has 102 valence electrons. The van der Waals surface area contributed by atoms with Gasteiger partial charge in [0, 0.05) is 18.9 Å². The average molecular weight is 261 g/mol. The molecule has 1 unspecified atom stereocenters. The first kappa shape index (κ1) is 13.4. The van der Waals surface area contributed by atoms with Crippen molar-refractivity contribution in [2.75, 3.05) is 13.2 Å². The fraction of sp³-hybridized carbons (Fsp3) is 0.429. The van der Waals surface area contributed by atoms with E-state index in [4.69, 9.17) is 10.6 Å². The van der Waals surface area contributed by atoms with E-state index in [0.717, 1.165) is 18.5 Å². The Morgan fingerprint density at radius 1 is 1.42 bits per heavy atom. The third-order valence-electron chi connectivity index (χ3n) is 3.13. The van der Waals surface area contributed by atoms with Gasteiger partial charge in [-0.25, -0.2) is 0 Å². The second kappa shape index (κ2) is 6.78.